The molecule has 1 aliphatic carbocycles. The van der Waals surface area contributed by atoms with Crippen molar-refractivity contribution in [1.29, 1.82) is 0 Å². The fraction of sp³-hybridized carbons (Fsp3) is 0.625. The molecule has 0 saturated heterocycles. The molecule has 2 aliphatic rings. The SMILES string of the molecule is OCC1(CNC2COc3ccccc32)CCCCC1. The Bertz CT molecular complexity index is 427. The van der Waals surface area contributed by atoms with Gasteiger partial charge in [0.15, 0.2) is 0 Å². The standard InChI is InChI=1S/C16H23NO2/c18-12-16(8-4-1-5-9-16)11-17-14-10-19-15-7-3-2-6-13(14)15/h2-3,6-7,14,17-18H,1,4-5,8-12H2. The molecular weight excluding hydrogens is 238 g/mol. The van der Waals surface area contributed by atoms with E-state index in [1.165, 1.54) is 24.8 Å². The predicted molar refractivity (Wildman–Crippen MR) is 75.3 cm³/mol. The highest BCUT2D eigenvalue weighted by Gasteiger charge is 2.33. The lowest BCUT2D eigenvalue weighted by atomic mass is 9.74. The van der Waals surface area contributed by atoms with Crippen molar-refractivity contribution in [1.82, 2.24) is 5.32 Å². The van der Waals surface area contributed by atoms with Crippen LogP contribution in [0.3, 0.4) is 0 Å². The van der Waals surface area contributed by atoms with Crippen LogP contribution in [0, 0.1) is 5.41 Å². The van der Waals surface area contributed by atoms with Crippen molar-refractivity contribution in [2.45, 2.75) is 38.1 Å². The highest BCUT2D eigenvalue weighted by atomic mass is 16.5. The summed E-state index contributed by atoms with van der Waals surface area (Å²) in [7, 11) is 0. The van der Waals surface area contributed by atoms with Gasteiger partial charge in [0, 0.05) is 24.1 Å². The zero-order valence-electron chi connectivity index (χ0n) is 11.4. The van der Waals surface area contributed by atoms with Crippen LogP contribution >= 0.6 is 0 Å². The van der Waals surface area contributed by atoms with E-state index >= 15 is 0 Å². The molecule has 3 nitrogen and oxygen atoms in total. The van der Waals surface area contributed by atoms with Gasteiger partial charge in [0.25, 0.3) is 0 Å². The second-order valence-electron chi connectivity index (χ2n) is 6.00. The third kappa shape index (κ3) is 2.63. The predicted octanol–water partition coefficient (Wildman–Crippen LogP) is 2.65. The van der Waals surface area contributed by atoms with Gasteiger partial charge < -0.3 is 15.2 Å². The van der Waals surface area contributed by atoms with E-state index in [-0.39, 0.29) is 11.5 Å². The zero-order valence-corrected chi connectivity index (χ0v) is 11.4. The second kappa shape index (κ2) is 5.51. The van der Waals surface area contributed by atoms with Gasteiger partial charge in [0.2, 0.25) is 0 Å². The van der Waals surface area contributed by atoms with E-state index in [2.05, 4.69) is 17.4 Å². The molecule has 19 heavy (non-hydrogen) atoms. The van der Waals surface area contributed by atoms with Crippen molar-refractivity contribution in [2.24, 2.45) is 5.41 Å². The van der Waals surface area contributed by atoms with Crippen LogP contribution in [0.1, 0.15) is 43.7 Å². The number of nitrogens with one attached hydrogen (secondary N) is 1. The maximum atomic E-state index is 9.74. The van der Waals surface area contributed by atoms with Crippen molar-refractivity contribution < 1.29 is 9.84 Å². The van der Waals surface area contributed by atoms with Gasteiger partial charge in [-0.25, -0.2) is 0 Å². The smallest absolute Gasteiger partial charge is 0.124 e. The molecular formula is C16H23NO2. The number of hydrogen-bond donors (Lipinski definition) is 2. The Balaban J connectivity index is 1.63. The monoisotopic (exact) mass is 261 g/mol. The van der Waals surface area contributed by atoms with Gasteiger partial charge in [0.05, 0.1) is 6.04 Å². The summed E-state index contributed by atoms with van der Waals surface area (Å²) in [6, 6.07) is 8.51. The Morgan fingerprint density at radius 1 is 1.21 bits per heavy atom. The number of hydrogen-bond acceptors (Lipinski definition) is 3. The average Bonchev–Trinajstić information content (AvgIpc) is 2.89. The molecule has 0 spiro atoms. The third-order valence-electron chi connectivity index (χ3n) is 4.67. The first-order valence-corrected chi connectivity index (χ1v) is 7.39. The van der Waals surface area contributed by atoms with Gasteiger partial charge >= 0.3 is 0 Å². The number of aliphatic hydroxyl groups excluding tert-OH is 1. The molecule has 0 aromatic heterocycles. The van der Waals surface area contributed by atoms with Crippen LogP contribution in [0.2, 0.25) is 0 Å². The van der Waals surface area contributed by atoms with Crippen molar-refractivity contribution in [3.8, 4) is 5.75 Å². The average molecular weight is 261 g/mol. The van der Waals surface area contributed by atoms with Crippen LogP contribution in [0.5, 0.6) is 5.75 Å². The van der Waals surface area contributed by atoms with E-state index in [4.69, 9.17) is 4.74 Å². The Morgan fingerprint density at radius 3 is 2.79 bits per heavy atom. The molecule has 0 radical (unpaired) electrons. The van der Waals surface area contributed by atoms with Crippen LogP contribution in [0.15, 0.2) is 24.3 Å². The van der Waals surface area contributed by atoms with Crippen LogP contribution in [0.4, 0.5) is 0 Å². The van der Waals surface area contributed by atoms with Gasteiger partial charge in [-0.1, -0.05) is 37.5 Å². The molecule has 3 rings (SSSR count). The van der Waals surface area contributed by atoms with E-state index in [1.54, 1.807) is 0 Å². The molecule has 1 aliphatic heterocycles. The lowest BCUT2D eigenvalue weighted by Gasteiger charge is -2.36. The lowest BCUT2D eigenvalue weighted by molar-refractivity contribution is 0.0772. The highest BCUT2D eigenvalue weighted by molar-refractivity contribution is 5.39. The normalized spacial score (nSPS) is 24.8. The topological polar surface area (TPSA) is 41.5 Å². The Hall–Kier alpha value is -1.06. The molecule has 1 saturated carbocycles. The molecule has 2 N–H and O–H groups in total. The fourth-order valence-electron chi connectivity index (χ4n) is 3.36. The summed E-state index contributed by atoms with van der Waals surface area (Å²) in [5, 5.41) is 13.4. The van der Waals surface area contributed by atoms with Gasteiger partial charge in [-0.2, -0.15) is 0 Å². The number of rotatable bonds is 4. The largest absolute Gasteiger partial charge is 0.491 e. The first kappa shape index (κ1) is 12.9. The summed E-state index contributed by atoms with van der Waals surface area (Å²) >= 11 is 0. The van der Waals surface area contributed by atoms with Gasteiger partial charge in [0.1, 0.15) is 12.4 Å². The summed E-state index contributed by atoms with van der Waals surface area (Å²) in [5.41, 5.74) is 1.35. The van der Waals surface area contributed by atoms with E-state index in [0.717, 1.165) is 25.1 Å². The minimum absolute atomic E-state index is 0.0930. The van der Waals surface area contributed by atoms with Crippen LogP contribution in [0.25, 0.3) is 0 Å². The minimum atomic E-state index is 0.0930. The molecule has 1 aromatic carbocycles. The molecule has 0 amide bonds. The van der Waals surface area contributed by atoms with Crippen molar-refractivity contribution in [3.05, 3.63) is 29.8 Å². The van der Waals surface area contributed by atoms with E-state index in [1.807, 2.05) is 12.1 Å². The summed E-state index contributed by atoms with van der Waals surface area (Å²) in [5.74, 6) is 1.00. The summed E-state index contributed by atoms with van der Waals surface area (Å²) < 4.78 is 5.69. The third-order valence-corrected chi connectivity index (χ3v) is 4.67. The Kier molecular flexibility index (Phi) is 3.76. The number of para-hydroxylation sites is 1. The lowest BCUT2D eigenvalue weighted by Crippen LogP contribution is -2.40. The van der Waals surface area contributed by atoms with Crippen LogP contribution in [-0.2, 0) is 0 Å². The summed E-state index contributed by atoms with van der Waals surface area (Å²) in [6.07, 6.45) is 6.11. The molecule has 1 unspecified atom stereocenters. The Morgan fingerprint density at radius 2 is 2.00 bits per heavy atom. The second-order valence-corrected chi connectivity index (χ2v) is 6.00. The molecule has 1 heterocycles. The number of aliphatic hydroxyl groups is 1. The summed E-state index contributed by atoms with van der Waals surface area (Å²) in [4.78, 5) is 0. The molecule has 1 aromatic rings. The first-order chi connectivity index (χ1) is 9.33. The maximum absolute atomic E-state index is 9.74. The van der Waals surface area contributed by atoms with Crippen molar-refractivity contribution in [2.75, 3.05) is 19.8 Å². The molecule has 3 heteroatoms. The van der Waals surface area contributed by atoms with Gasteiger partial charge in [-0.05, 0) is 18.9 Å². The van der Waals surface area contributed by atoms with Crippen LogP contribution < -0.4 is 10.1 Å². The molecule has 104 valence electrons. The zero-order chi connectivity index (χ0) is 13.1. The minimum Gasteiger partial charge on any atom is -0.491 e. The van der Waals surface area contributed by atoms with Gasteiger partial charge in [-0.15, -0.1) is 0 Å². The van der Waals surface area contributed by atoms with E-state index in [0.29, 0.717) is 13.2 Å². The number of benzene rings is 1. The highest BCUT2D eigenvalue weighted by Crippen LogP contribution is 2.37. The Labute approximate surface area is 115 Å². The number of ether oxygens (including phenoxy) is 1. The van der Waals surface area contributed by atoms with E-state index in [9.17, 15) is 5.11 Å². The molecule has 1 fully saturated rings. The van der Waals surface area contributed by atoms with Gasteiger partial charge in [-0.3, -0.25) is 0 Å². The summed E-state index contributed by atoms with van der Waals surface area (Å²) in [6.45, 7) is 1.90. The number of fused-ring (bicyclic) bond motifs is 1. The fourth-order valence-corrected chi connectivity index (χ4v) is 3.36. The molecule has 1 atom stereocenters. The first-order valence-electron chi connectivity index (χ1n) is 7.39. The van der Waals surface area contributed by atoms with Crippen LogP contribution in [-0.4, -0.2) is 24.9 Å². The quantitative estimate of drug-likeness (QED) is 0.875. The molecule has 0 bridgehead atoms. The maximum Gasteiger partial charge on any atom is 0.124 e. The van der Waals surface area contributed by atoms with E-state index < -0.39 is 0 Å². The van der Waals surface area contributed by atoms with Crippen molar-refractivity contribution in [3.63, 3.8) is 0 Å². The van der Waals surface area contributed by atoms with Crippen molar-refractivity contribution >= 4 is 0 Å².